The van der Waals surface area contributed by atoms with Crippen LogP contribution in [0.1, 0.15) is 19.8 Å². The van der Waals surface area contributed by atoms with Gasteiger partial charge in [0.25, 0.3) is 0 Å². The lowest BCUT2D eigenvalue weighted by molar-refractivity contribution is -0.0400. The molecule has 0 aliphatic carbocycles. The molecule has 2 aliphatic rings. The summed E-state index contributed by atoms with van der Waals surface area (Å²) < 4.78 is 5.49. The van der Waals surface area contributed by atoms with E-state index in [1.54, 1.807) is 13.1 Å². The number of carbonyl (C=O) groups is 1. The Kier molecular flexibility index (Phi) is 3.13. The van der Waals surface area contributed by atoms with Crippen LogP contribution in [0.2, 0.25) is 0 Å². The summed E-state index contributed by atoms with van der Waals surface area (Å²) in [4.78, 5) is 13.0. The molecule has 16 heavy (non-hydrogen) atoms. The van der Waals surface area contributed by atoms with Crippen LogP contribution in [0.15, 0.2) is 11.8 Å². The summed E-state index contributed by atoms with van der Waals surface area (Å²) in [6.07, 6.45) is 1.56. The molecule has 2 unspecified atom stereocenters. The fourth-order valence-electron chi connectivity index (χ4n) is 1.89. The van der Waals surface area contributed by atoms with E-state index in [4.69, 9.17) is 9.84 Å². The predicted molar refractivity (Wildman–Crippen MR) is 55.1 cm³/mol. The molecule has 2 aliphatic heterocycles. The molecule has 1 saturated heterocycles. The summed E-state index contributed by atoms with van der Waals surface area (Å²) in [5, 5.41) is 20.8. The molecule has 1 fully saturated rings. The van der Waals surface area contributed by atoms with Crippen molar-refractivity contribution in [3.63, 3.8) is 0 Å². The van der Waals surface area contributed by atoms with Crippen molar-refractivity contribution >= 4 is 6.03 Å². The molecule has 0 aromatic carbocycles. The smallest absolute Gasteiger partial charge is 0.325 e. The molecule has 90 valence electrons. The van der Waals surface area contributed by atoms with E-state index in [1.165, 1.54) is 4.90 Å². The van der Waals surface area contributed by atoms with Gasteiger partial charge in [0, 0.05) is 6.20 Å². The van der Waals surface area contributed by atoms with E-state index < -0.39 is 6.23 Å². The van der Waals surface area contributed by atoms with E-state index in [-0.39, 0.29) is 25.0 Å². The number of nitrogens with one attached hydrogen (secondary N) is 1. The minimum absolute atomic E-state index is 0.0305. The average molecular weight is 228 g/mol. The molecule has 2 heterocycles. The van der Waals surface area contributed by atoms with Crippen LogP contribution in [0.3, 0.4) is 0 Å². The molecule has 0 bridgehead atoms. The van der Waals surface area contributed by atoms with Crippen LogP contribution in [-0.4, -0.2) is 46.3 Å². The minimum Gasteiger partial charge on any atom is -0.394 e. The van der Waals surface area contributed by atoms with Crippen molar-refractivity contribution in [2.24, 2.45) is 0 Å². The highest BCUT2D eigenvalue weighted by molar-refractivity contribution is 5.77. The second-order valence-electron chi connectivity index (χ2n) is 4.11. The molecule has 0 aromatic heterocycles. The lowest BCUT2D eigenvalue weighted by Crippen LogP contribution is -2.51. The number of carbonyl (C=O) groups excluding carboxylic acids is 1. The Bertz CT molecular complexity index is 318. The third-order valence-corrected chi connectivity index (χ3v) is 2.87. The highest BCUT2D eigenvalue weighted by Gasteiger charge is 2.34. The van der Waals surface area contributed by atoms with Gasteiger partial charge in [-0.15, -0.1) is 0 Å². The first-order valence-corrected chi connectivity index (χ1v) is 5.33. The SMILES string of the molecule is CC1=CN(C2CCC(CO)O2)C(=O)N[C@H]1O. The number of aliphatic hydroxyl groups is 2. The van der Waals surface area contributed by atoms with Crippen LogP contribution >= 0.6 is 0 Å². The van der Waals surface area contributed by atoms with Crippen molar-refractivity contribution in [2.45, 2.75) is 38.3 Å². The normalized spacial score (nSPS) is 34.9. The van der Waals surface area contributed by atoms with Crippen LogP contribution in [0.4, 0.5) is 4.79 Å². The lowest BCUT2D eigenvalue weighted by atomic mass is 10.2. The molecular weight excluding hydrogens is 212 g/mol. The van der Waals surface area contributed by atoms with Crippen molar-refractivity contribution in [1.82, 2.24) is 10.2 Å². The van der Waals surface area contributed by atoms with E-state index in [1.807, 2.05) is 0 Å². The first kappa shape index (κ1) is 11.4. The highest BCUT2D eigenvalue weighted by atomic mass is 16.5. The maximum atomic E-state index is 11.6. The van der Waals surface area contributed by atoms with Crippen molar-refractivity contribution in [1.29, 1.82) is 0 Å². The van der Waals surface area contributed by atoms with E-state index in [0.717, 1.165) is 6.42 Å². The summed E-state index contributed by atoms with van der Waals surface area (Å²) in [5.41, 5.74) is 0.663. The van der Waals surface area contributed by atoms with Crippen LogP contribution in [0, 0.1) is 0 Å². The number of hydrogen-bond donors (Lipinski definition) is 3. The summed E-state index contributed by atoms with van der Waals surface area (Å²) >= 11 is 0. The summed E-state index contributed by atoms with van der Waals surface area (Å²) in [6, 6.07) is -0.373. The quantitative estimate of drug-likeness (QED) is 0.607. The van der Waals surface area contributed by atoms with Gasteiger partial charge in [-0.05, 0) is 25.3 Å². The number of rotatable bonds is 2. The van der Waals surface area contributed by atoms with Gasteiger partial charge < -0.3 is 20.3 Å². The summed E-state index contributed by atoms with van der Waals surface area (Å²) in [7, 11) is 0. The zero-order valence-electron chi connectivity index (χ0n) is 9.09. The molecule has 3 atom stereocenters. The summed E-state index contributed by atoms with van der Waals surface area (Å²) in [5.74, 6) is 0. The van der Waals surface area contributed by atoms with Crippen LogP contribution < -0.4 is 5.32 Å². The van der Waals surface area contributed by atoms with Crippen molar-refractivity contribution in [3.8, 4) is 0 Å². The molecule has 0 aromatic rings. The number of amides is 2. The maximum Gasteiger partial charge on any atom is 0.325 e. The van der Waals surface area contributed by atoms with Gasteiger partial charge in [0.15, 0.2) is 6.23 Å². The van der Waals surface area contributed by atoms with Crippen molar-refractivity contribution in [3.05, 3.63) is 11.8 Å². The van der Waals surface area contributed by atoms with Crippen LogP contribution in [0.25, 0.3) is 0 Å². The first-order chi connectivity index (χ1) is 7.61. The Balaban J connectivity index is 2.07. The first-order valence-electron chi connectivity index (χ1n) is 5.33. The molecule has 0 radical (unpaired) electrons. The number of urea groups is 1. The van der Waals surface area contributed by atoms with Gasteiger partial charge in [0.2, 0.25) is 0 Å². The monoisotopic (exact) mass is 228 g/mol. The Morgan fingerprint density at radius 3 is 3.00 bits per heavy atom. The number of hydrogen-bond acceptors (Lipinski definition) is 4. The maximum absolute atomic E-state index is 11.6. The molecule has 0 spiro atoms. The van der Waals surface area contributed by atoms with Gasteiger partial charge in [-0.1, -0.05) is 0 Å². The molecule has 3 N–H and O–H groups in total. The van der Waals surface area contributed by atoms with Gasteiger partial charge in [-0.3, -0.25) is 4.90 Å². The summed E-state index contributed by atoms with van der Waals surface area (Å²) in [6.45, 7) is 1.70. The minimum atomic E-state index is -0.918. The Morgan fingerprint density at radius 1 is 1.62 bits per heavy atom. The zero-order valence-corrected chi connectivity index (χ0v) is 9.09. The molecule has 6 nitrogen and oxygen atoms in total. The Hall–Kier alpha value is -1.11. The fraction of sp³-hybridized carbons (Fsp3) is 0.700. The Labute approximate surface area is 93.5 Å². The fourth-order valence-corrected chi connectivity index (χ4v) is 1.89. The highest BCUT2D eigenvalue weighted by Crippen LogP contribution is 2.25. The lowest BCUT2D eigenvalue weighted by Gasteiger charge is -2.32. The van der Waals surface area contributed by atoms with Crippen molar-refractivity contribution in [2.75, 3.05) is 6.61 Å². The van der Waals surface area contributed by atoms with Crippen LogP contribution in [0.5, 0.6) is 0 Å². The van der Waals surface area contributed by atoms with E-state index >= 15 is 0 Å². The topological polar surface area (TPSA) is 82.0 Å². The van der Waals surface area contributed by atoms with Gasteiger partial charge in [-0.2, -0.15) is 0 Å². The second-order valence-corrected chi connectivity index (χ2v) is 4.11. The third-order valence-electron chi connectivity index (χ3n) is 2.87. The zero-order chi connectivity index (χ0) is 11.7. The second kappa shape index (κ2) is 4.40. The standard InChI is InChI=1S/C10H16N2O4/c1-6-4-12(10(15)11-9(6)14)8-3-2-7(5-13)16-8/h4,7-9,13-14H,2-3,5H2,1H3,(H,11,15)/t7?,8?,9-/m0/s1. The molecule has 0 saturated carbocycles. The average Bonchev–Trinajstić information content (AvgIpc) is 2.71. The van der Waals surface area contributed by atoms with Crippen LogP contribution in [-0.2, 0) is 4.74 Å². The molecule has 6 heteroatoms. The van der Waals surface area contributed by atoms with E-state index in [2.05, 4.69) is 5.32 Å². The third kappa shape index (κ3) is 2.04. The molecular formula is C10H16N2O4. The van der Waals surface area contributed by atoms with Crippen molar-refractivity contribution < 1.29 is 19.7 Å². The van der Waals surface area contributed by atoms with E-state index in [9.17, 15) is 9.90 Å². The number of aliphatic hydroxyl groups excluding tert-OH is 2. The molecule has 2 rings (SSSR count). The Morgan fingerprint density at radius 2 is 2.38 bits per heavy atom. The largest absolute Gasteiger partial charge is 0.394 e. The molecule has 2 amide bonds. The number of nitrogens with zero attached hydrogens (tertiary/aromatic N) is 1. The van der Waals surface area contributed by atoms with E-state index in [0.29, 0.717) is 12.0 Å². The van der Waals surface area contributed by atoms with Gasteiger partial charge in [-0.25, -0.2) is 4.79 Å². The van der Waals surface area contributed by atoms with Gasteiger partial charge in [0.1, 0.15) is 6.23 Å². The predicted octanol–water partition coefficient (Wildman–Crippen LogP) is -0.269. The number of ether oxygens (including phenoxy) is 1. The van der Waals surface area contributed by atoms with Gasteiger partial charge >= 0.3 is 6.03 Å². The van der Waals surface area contributed by atoms with Gasteiger partial charge in [0.05, 0.1) is 12.7 Å².